The first kappa shape index (κ1) is 18.0. The molecule has 0 saturated carbocycles. The van der Waals surface area contributed by atoms with E-state index in [1.165, 1.54) is 0 Å². The molecule has 1 heterocycles. The van der Waals surface area contributed by atoms with Crippen molar-refractivity contribution < 1.29 is 36.2 Å². The van der Waals surface area contributed by atoms with E-state index in [2.05, 4.69) is 5.32 Å². The molecule has 0 bridgehead atoms. The highest BCUT2D eigenvalue weighted by atomic mass is 19.4. The molecule has 0 radical (unpaired) electrons. The number of nitrogens with one attached hydrogen (secondary N) is 1. The van der Waals surface area contributed by atoms with Crippen LogP contribution in [0.5, 0.6) is 0 Å². The van der Waals surface area contributed by atoms with Crippen molar-refractivity contribution in [2.24, 2.45) is 5.92 Å². The molecule has 1 aliphatic rings. The molecule has 0 aromatic carbocycles. The number of carbonyl (C=O) groups is 1. The Bertz CT molecular complexity index is 350. The van der Waals surface area contributed by atoms with Crippen LogP contribution in [-0.4, -0.2) is 60.5 Å². The monoisotopic (exact) mass is 322 g/mol. The number of rotatable bonds is 4. The summed E-state index contributed by atoms with van der Waals surface area (Å²) in [6.07, 6.45) is -9.53. The van der Waals surface area contributed by atoms with Crippen LogP contribution in [0.25, 0.3) is 0 Å². The maximum Gasteiger partial charge on any atom is 0.406 e. The van der Waals surface area contributed by atoms with Gasteiger partial charge >= 0.3 is 12.4 Å². The maximum atomic E-state index is 12.5. The fourth-order valence-electron chi connectivity index (χ4n) is 2.17. The molecular weight excluding hydrogens is 306 g/mol. The summed E-state index contributed by atoms with van der Waals surface area (Å²) in [5.41, 5.74) is 0. The Kier molecular flexibility index (Phi) is 5.85. The lowest BCUT2D eigenvalue weighted by Gasteiger charge is -2.33. The Hall–Kier alpha value is -1.03. The zero-order valence-corrected chi connectivity index (χ0v) is 11.0. The smallest absolute Gasteiger partial charge is 0.395 e. The van der Waals surface area contributed by atoms with Gasteiger partial charge in [-0.05, 0) is 12.8 Å². The number of nitrogens with zero attached hydrogens (tertiary/aromatic N) is 1. The van der Waals surface area contributed by atoms with Crippen LogP contribution in [0.3, 0.4) is 0 Å². The van der Waals surface area contributed by atoms with Crippen molar-refractivity contribution in [1.82, 2.24) is 10.2 Å². The predicted octanol–water partition coefficient (Wildman–Crippen LogP) is 1.30. The molecule has 2 atom stereocenters. The van der Waals surface area contributed by atoms with E-state index in [-0.39, 0.29) is 12.8 Å². The number of halogens is 6. The van der Waals surface area contributed by atoms with Gasteiger partial charge < -0.3 is 15.3 Å². The third-order valence-electron chi connectivity index (χ3n) is 3.23. The van der Waals surface area contributed by atoms with Gasteiger partial charge in [-0.1, -0.05) is 0 Å². The molecule has 1 saturated heterocycles. The van der Waals surface area contributed by atoms with Gasteiger partial charge in [-0.15, -0.1) is 0 Å². The van der Waals surface area contributed by atoms with E-state index in [4.69, 9.17) is 5.11 Å². The number of hydrogen-bond donors (Lipinski definition) is 2. The summed E-state index contributed by atoms with van der Waals surface area (Å²) in [5.74, 6) is -2.54. The average molecular weight is 322 g/mol. The molecule has 4 nitrogen and oxygen atoms in total. The first-order valence-corrected chi connectivity index (χ1v) is 6.31. The summed E-state index contributed by atoms with van der Waals surface area (Å²) in [6.45, 7) is -3.20. The number of piperidine rings is 1. The van der Waals surface area contributed by atoms with Crippen LogP contribution in [0.4, 0.5) is 26.3 Å². The summed E-state index contributed by atoms with van der Waals surface area (Å²) in [7, 11) is 0. The van der Waals surface area contributed by atoms with E-state index in [0.29, 0.717) is 4.90 Å². The van der Waals surface area contributed by atoms with Gasteiger partial charge in [0.2, 0.25) is 5.91 Å². The Morgan fingerprint density at radius 1 is 1.19 bits per heavy atom. The van der Waals surface area contributed by atoms with Crippen molar-refractivity contribution in [2.45, 2.75) is 31.2 Å². The molecule has 124 valence electrons. The molecule has 0 aromatic heterocycles. The van der Waals surface area contributed by atoms with Crippen molar-refractivity contribution >= 4 is 5.91 Å². The van der Waals surface area contributed by atoms with Crippen LogP contribution >= 0.6 is 0 Å². The van der Waals surface area contributed by atoms with Gasteiger partial charge in [0, 0.05) is 13.1 Å². The quantitative estimate of drug-likeness (QED) is 0.767. The lowest BCUT2D eigenvalue weighted by Crippen LogP contribution is -2.54. The lowest BCUT2D eigenvalue weighted by atomic mass is 9.93. The topological polar surface area (TPSA) is 52.6 Å². The van der Waals surface area contributed by atoms with Gasteiger partial charge in [0.1, 0.15) is 6.54 Å². The molecule has 1 amide bonds. The molecule has 2 N–H and O–H groups in total. The van der Waals surface area contributed by atoms with E-state index < -0.39 is 56.5 Å². The van der Waals surface area contributed by atoms with Crippen LogP contribution in [0.1, 0.15) is 12.8 Å². The minimum atomic E-state index is -4.63. The number of aliphatic hydroxyl groups is 1. The van der Waals surface area contributed by atoms with Gasteiger partial charge in [0.25, 0.3) is 0 Å². The first-order chi connectivity index (χ1) is 9.54. The second-order valence-corrected chi connectivity index (χ2v) is 4.88. The van der Waals surface area contributed by atoms with E-state index in [1.54, 1.807) is 0 Å². The SMILES string of the molecule is O=C(C1CCC(C(F)(F)F)CN1)N(CCO)CC(F)(F)F. The molecule has 0 aliphatic carbocycles. The zero-order chi connectivity index (χ0) is 16.3. The van der Waals surface area contributed by atoms with E-state index >= 15 is 0 Å². The van der Waals surface area contributed by atoms with Crippen LogP contribution < -0.4 is 5.32 Å². The molecule has 0 spiro atoms. The van der Waals surface area contributed by atoms with Gasteiger partial charge in [0.15, 0.2) is 0 Å². The van der Waals surface area contributed by atoms with Crippen molar-refractivity contribution in [3.05, 3.63) is 0 Å². The van der Waals surface area contributed by atoms with E-state index in [9.17, 15) is 31.1 Å². The van der Waals surface area contributed by atoms with Gasteiger partial charge in [-0.3, -0.25) is 4.79 Å². The molecule has 21 heavy (non-hydrogen) atoms. The second-order valence-electron chi connectivity index (χ2n) is 4.88. The molecule has 1 fully saturated rings. The Labute approximate surface area is 117 Å². The summed E-state index contributed by atoms with van der Waals surface area (Å²) in [5, 5.41) is 11.0. The fraction of sp³-hybridized carbons (Fsp3) is 0.909. The first-order valence-electron chi connectivity index (χ1n) is 6.31. The van der Waals surface area contributed by atoms with Crippen LogP contribution in [0.15, 0.2) is 0 Å². The van der Waals surface area contributed by atoms with Crippen molar-refractivity contribution in [2.75, 3.05) is 26.2 Å². The van der Waals surface area contributed by atoms with Crippen LogP contribution in [-0.2, 0) is 4.79 Å². The average Bonchev–Trinajstić information content (AvgIpc) is 2.35. The summed E-state index contributed by atoms with van der Waals surface area (Å²) < 4.78 is 74.4. The molecular formula is C11H16F6N2O2. The van der Waals surface area contributed by atoms with Gasteiger partial charge in [-0.25, -0.2) is 0 Å². The second kappa shape index (κ2) is 6.82. The minimum Gasteiger partial charge on any atom is -0.395 e. The Balaban J connectivity index is 2.61. The summed E-state index contributed by atoms with van der Waals surface area (Å²) in [4.78, 5) is 12.3. The van der Waals surface area contributed by atoms with Crippen molar-refractivity contribution in [3.63, 3.8) is 0 Å². The van der Waals surface area contributed by atoms with Gasteiger partial charge in [0.05, 0.1) is 18.6 Å². The summed E-state index contributed by atoms with van der Waals surface area (Å²) >= 11 is 0. The molecule has 0 aromatic rings. The third kappa shape index (κ3) is 5.70. The molecule has 1 aliphatic heterocycles. The minimum absolute atomic E-state index is 0.192. The normalized spacial score (nSPS) is 24.0. The Morgan fingerprint density at radius 3 is 2.19 bits per heavy atom. The largest absolute Gasteiger partial charge is 0.406 e. The summed E-state index contributed by atoms with van der Waals surface area (Å²) in [6, 6.07) is -1.09. The molecule has 1 rings (SSSR count). The zero-order valence-electron chi connectivity index (χ0n) is 11.0. The number of amides is 1. The highest BCUT2D eigenvalue weighted by Gasteiger charge is 2.43. The van der Waals surface area contributed by atoms with Crippen LogP contribution in [0, 0.1) is 5.92 Å². The number of aliphatic hydroxyl groups excluding tert-OH is 1. The predicted molar refractivity (Wildman–Crippen MR) is 60.3 cm³/mol. The fourth-order valence-corrected chi connectivity index (χ4v) is 2.17. The highest BCUT2D eigenvalue weighted by molar-refractivity contribution is 5.82. The van der Waals surface area contributed by atoms with Crippen LogP contribution in [0.2, 0.25) is 0 Å². The lowest BCUT2D eigenvalue weighted by molar-refractivity contribution is -0.182. The maximum absolute atomic E-state index is 12.5. The highest BCUT2D eigenvalue weighted by Crippen LogP contribution is 2.32. The van der Waals surface area contributed by atoms with Crippen molar-refractivity contribution in [1.29, 1.82) is 0 Å². The number of alkyl halides is 6. The number of hydrogen-bond acceptors (Lipinski definition) is 3. The van der Waals surface area contributed by atoms with E-state index in [0.717, 1.165) is 0 Å². The standard InChI is InChI=1S/C11H16F6N2O2/c12-10(13,14)6-19(3-4-20)9(21)8-2-1-7(5-18-8)11(15,16)17/h7-8,18,20H,1-6H2. The van der Waals surface area contributed by atoms with Gasteiger partial charge in [-0.2, -0.15) is 26.3 Å². The number of carbonyl (C=O) groups excluding carboxylic acids is 1. The third-order valence-corrected chi connectivity index (χ3v) is 3.23. The van der Waals surface area contributed by atoms with Crippen molar-refractivity contribution in [3.8, 4) is 0 Å². The van der Waals surface area contributed by atoms with E-state index in [1.807, 2.05) is 0 Å². The molecule has 10 heteroatoms. The molecule has 2 unspecified atom stereocenters. The Morgan fingerprint density at radius 2 is 1.81 bits per heavy atom.